The third-order valence-electron chi connectivity index (χ3n) is 3.66. The van der Waals surface area contributed by atoms with Gasteiger partial charge in [0, 0.05) is 6.42 Å². The zero-order valence-corrected chi connectivity index (χ0v) is 8.23. The number of fused-ring (bicyclic) bond motifs is 3. The first-order valence-electron chi connectivity index (χ1n) is 5.29. The van der Waals surface area contributed by atoms with E-state index >= 15 is 0 Å². The van der Waals surface area contributed by atoms with Crippen LogP contribution in [0, 0.1) is 5.41 Å². The SMILES string of the molecule is CCC1CC2(CC3C=CC2O3)C(=O)O1. The van der Waals surface area contributed by atoms with Crippen LogP contribution in [0.4, 0.5) is 0 Å². The van der Waals surface area contributed by atoms with Crippen molar-refractivity contribution in [1.82, 2.24) is 0 Å². The van der Waals surface area contributed by atoms with E-state index in [1.165, 1.54) is 0 Å². The Labute approximate surface area is 83.1 Å². The minimum Gasteiger partial charge on any atom is -0.462 e. The summed E-state index contributed by atoms with van der Waals surface area (Å²) in [6, 6.07) is 0. The molecule has 14 heavy (non-hydrogen) atoms. The second kappa shape index (κ2) is 2.60. The molecule has 3 heteroatoms. The number of hydrogen-bond donors (Lipinski definition) is 0. The summed E-state index contributed by atoms with van der Waals surface area (Å²) in [6.45, 7) is 2.06. The Morgan fingerprint density at radius 3 is 2.86 bits per heavy atom. The number of carbonyl (C=O) groups excluding carboxylic acids is 1. The Kier molecular flexibility index (Phi) is 1.57. The van der Waals surface area contributed by atoms with Crippen LogP contribution in [0.2, 0.25) is 0 Å². The van der Waals surface area contributed by atoms with Crippen molar-refractivity contribution in [2.24, 2.45) is 5.41 Å². The van der Waals surface area contributed by atoms with Crippen LogP contribution in [0.5, 0.6) is 0 Å². The van der Waals surface area contributed by atoms with Crippen LogP contribution in [-0.2, 0) is 14.3 Å². The predicted molar refractivity (Wildman–Crippen MR) is 49.6 cm³/mol. The third kappa shape index (κ3) is 0.883. The van der Waals surface area contributed by atoms with Crippen molar-refractivity contribution >= 4 is 5.97 Å². The molecule has 3 rings (SSSR count). The topological polar surface area (TPSA) is 35.5 Å². The highest BCUT2D eigenvalue weighted by atomic mass is 16.6. The molecule has 3 nitrogen and oxygen atoms in total. The first-order chi connectivity index (χ1) is 6.74. The van der Waals surface area contributed by atoms with Crippen LogP contribution in [0.1, 0.15) is 26.2 Å². The Morgan fingerprint density at radius 1 is 1.50 bits per heavy atom. The van der Waals surface area contributed by atoms with Gasteiger partial charge in [0.05, 0.1) is 12.2 Å². The van der Waals surface area contributed by atoms with Crippen LogP contribution >= 0.6 is 0 Å². The smallest absolute Gasteiger partial charge is 0.315 e. The minimum absolute atomic E-state index is 0.0171. The molecule has 3 aliphatic heterocycles. The van der Waals surface area contributed by atoms with Gasteiger partial charge in [0.15, 0.2) is 0 Å². The molecule has 76 valence electrons. The van der Waals surface area contributed by atoms with E-state index in [1.807, 2.05) is 6.08 Å². The molecule has 0 aromatic rings. The Morgan fingerprint density at radius 2 is 2.36 bits per heavy atom. The van der Waals surface area contributed by atoms with Gasteiger partial charge in [-0.15, -0.1) is 0 Å². The normalized spacial score (nSPS) is 49.2. The average Bonchev–Trinajstić information content (AvgIpc) is 2.82. The molecule has 0 aliphatic carbocycles. The maximum absolute atomic E-state index is 11.8. The Bertz CT molecular complexity index is 310. The zero-order chi connectivity index (χ0) is 9.76. The average molecular weight is 194 g/mol. The van der Waals surface area contributed by atoms with Crippen molar-refractivity contribution in [3.05, 3.63) is 12.2 Å². The fraction of sp³-hybridized carbons (Fsp3) is 0.727. The largest absolute Gasteiger partial charge is 0.462 e. The first kappa shape index (κ1) is 8.48. The Balaban J connectivity index is 1.91. The van der Waals surface area contributed by atoms with Crippen molar-refractivity contribution in [1.29, 1.82) is 0 Å². The maximum Gasteiger partial charge on any atom is 0.315 e. The molecule has 0 amide bonds. The van der Waals surface area contributed by atoms with Gasteiger partial charge in [-0.25, -0.2) is 0 Å². The van der Waals surface area contributed by atoms with Gasteiger partial charge < -0.3 is 9.47 Å². The van der Waals surface area contributed by atoms with Crippen LogP contribution in [0.15, 0.2) is 12.2 Å². The Hall–Kier alpha value is -0.830. The van der Waals surface area contributed by atoms with Crippen LogP contribution in [0.25, 0.3) is 0 Å². The van der Waals surface area contributed by atoms with E-state index in [9.17, 15) is 4.79 Å². The number of ether oxygens (including phenoxy) is 2. The van der Waals surface area contributed by atoms with Gasteiger partial charge in [0.1, 0.15) is 11.5 Å². The maximum atomic E-state index is 11.8. The van der Waals surface area contributed by atoms with Gasteiger partial charge in [0.2, 0.25) is 0 Å². The highest BCUT2D eigenvalue weighted by Crippen LogP contribution is 2.51. The van der Waals surface area contributed by atoms with Crippen molar-refractivity contribution in [2.45, 2.75) is 44.5 Å². The first-order valence-corrected chi connectivity index (χ1v) is 5.29. The van der Waals surface area contributed by atoms with Crippen LogP contribution in [0.3, 0.4) is 0 Å². The molecule has 2 saturated heterocycles. The van der Waals surface area contributed by atoms with Crippen LogP contribution < -0.4 is 0 Å². The molecule has 1 spiro atoms. The second-order valence-corrected chi connectivity index (χ2v) is 4.48. The zero-order valence-electron chi connectivity index (χ0n) is 8.23. The standard InChI is InChI=1S/C11H14O3/c1-2-7-5-11(10(12)14-7)6-8-3-4-9(11)13-8/h3-4,7-9H,2,5-6H2,1H3. The van der Waals surface area contributed by atoms with Gasteiger partial charge in [-0.2, -0.15) is 0 Å². The molecule has 3 heterocycles. The number of carbonyl (C=O) groups is 1. The molecule has 4 unspecified atom stereocenters. The summed E-state index contributed by atoms with van der Waals surface area (Å²) in [5, 5.41) is 0. The summed E-state index contributed by atoms with van der Waals surface area (Å²) < 4.78 is 11.0. The van der Waals surface area contributed by atoms with Gasteiger partial charge in [0.25, 0.3) is 0 Å². The molecule has 2 bridgehead atoms. The van der Waals surface area contributed by atoms with Gasteiger partial charge in [-0.3, -0.25) is 4.79 Å². The molecule has 0 aromatic heterocycles. The summed E-state index contributed by atoms with van der Waals surface area (Å²) in [7, 11) is 0. The summed E-state index contributed by atoms with van der Waals surface area (Å²) in [4.78, 5) is 11.8. The van der Waals surface area contributed by atoms with Gasteiger partial charge >= 0.3 is 5.97 Å². The highest BCUT2D eigenvalue weighted by molar-refractivity contribution is 5.81. The molecule has 2 fully saturated rings. The van der Waals surface area contributed by atoms with Crippen molar-refractivity contribution in [3.63, 3.8) is 0 Å². The number of rotatable bonds is 1. The lowest BCUT2D eigenvalue weighted by molar-refractivity contribution is -0.150. The van der Waals surface area contributed by atoms with E-state index in [4.69, 9.17) is 9.47 Å². The molecule has 0 aromatic carbocycles. The lowest BCUT2D eigenvalue weighted by Crippen LogP contribution is -2.35. The van der Waals surface area contributed by atoms with Gasteiger partial charge in [-0.1, -0.05) is 19.1 Å². The van der Waals surface area contributed by atoms with Gasteiger partial charge in [-0.05, 0) is 12.8 Å². The summed E-state index contributed by atoms with van der Waals surface area (Å²) in [6.07, 6.45) is 6.90. The fourth-order valence-corrected chi connectivity index (χ4v) is 2.84. The van der Waals surface area contributed by atoms with Crippen molar-refractivity contribution in [2.75, 3.05) is 0 Å². The van der Waals surface area contributed by atoms with E-state index in [0.717, 1.165) is 19.3 Å². The second-order valence-electron chi connectivity index (χ2n) is 4.48. The summed E-state index contributed by atoms with van der Waals surface area (Å²) in [5.74, 6) is -0.0406. The van der Waals surface area contributed by atoms with E-state index in [0.29, 0.717) is 0 Å². The quantitative estimate of drug-likeness (QED) is 0.468. The van der Waals surface area contributed by atoms with Crippen molar-refractivity contribution in [3.8, 4) is 0 Å². The summed E-state index contributed by atoms with van der Waals surface area (Å²) >= 11 is 0. The number of hydrogen-bond acceptors (Lipinski definition) is 3. The minimum atomic E-state index is -0.333. The molecule has 3 aliphatic rings. The highest BCUT2D eigenvalue weighted by Gasteiger charge is 2.60. The van der Waals surface area contributed by atoms with E-state index < -0.39 is 0 Å². The molecule has 0 radical (unpaired) electrons. The summed E-state index contributed by atoms with van der Waals surface area (Å²) in [5.41, 5.74) is -0.333. The van der Waals surface area contributed by atoms with Crippen molar-refractivity contribution < 1.29 is 14.3 Å². The molecule has 4 atom stereocenters. The molecule has 0 saturated carbocycles. The lowest BCUT2D eigenvalue weighted by Gasteiger charge is -2.23. The number of cyclic esters (lactones) is 1. The molecular formula is C11H14O3. The third-order valence-corrected chi connectivity index (χ3v) is 3.66. The van der Waals surface area contributed by atoms with E-state index in [-0.39, 0.29) is 29.7 Å². The fourth-order valence-electron chi connectivity index (χ4n) is 2.84. The lowest BCUT2D eigenvalue weighted by atomic mass is 9.74. The van der Waals surface area contributed by atoms with E-state index in [2.05, 4.69) is 13.0 Å². The monoisotopic (exact) mass is 194 g/mol. The predicted octanol–water partition coefficient (Wildman–Crippen LogP) is 1.43. The molecule has 0 N–H and O–H groups in total. The molecular weight excluding hydrogens is 180 g/mol. The van der Waals surface area contributed by atoms with Crippen LogP contribution in [-0.4, -0.2) is 24.3 Å². The number of esters is 1. The van der Waals surface area contributed by atoms with E-state index in [1.54, 1.807) is 0 Å².